The van der Waals surface area contributed by atoms with Crippen LogP contribution < -0.4 is 10.2 Å². The van der Waals surface area contributed by atoms with Gasteiger partial charge in [0.05, 0.1) is 0 Å². The van der Waals surface area contributed by atoms with Crippen LogP contribution in [0, 0.1) is 6.92 Å². The van der Waals surface area contributed by atoms with Crippen LogP contribution in [0.4, 0.5) is 5.69 Å². The zero-order valence-electron chi connectivity index (χ0n) is 12.4. The monoisotopic (exact) mass is 248 g/mol. The number of anilines is 1. The van der Waals surface area contributed by atoms with E-state index in [2.05, 4.69) is 55.3 Å². The second kappa shape index (κ2) is 8.15. The molecule has 1 rings (SSSR count). The lowest BCUT2D eigenvalue weighted by atomic mass is 10.1. The average molecular weight is 248 g/mol. The Morgan fingerprint density at radius 3 is 2.39 bits per heavy atom. The Kier molecular flexibility index (Phi) is 6.81. The summed E-state index contributed by atoms with van der Waals surface area (Å²) in [4.78, 5) is 2.46. The molecule has 0 aliphatic carbocycles. The van der Waals surface area contributed by atoms with Gasteiger partial charge in [0, 0.05) is 24.8 Å². The fourth-order valence-electron chi connectivity index (χ4n) is 2.12. The first kappa shape index (κ1) is 15.0. The quantitative estimate of drug-likeness (QED) is 0.707. The summed E-state index contributed by atoms with van der Waals surface area (Å²) in [5.41, 5.74) is 2.68. The first-order valence-electron chi connectivity index (χ1n) is 7.16. The molecule has 18 heavy (non-hydrogen) atoms. The molecule has 0 saturated heterocycles. The van der Waals surface area contributed by atoms with Crippen molar-refractivity contribution in [2.24, 2.45) is 0 Å². The zero-order valence-corrected chi connectivity index (χ0v) is 12.4. The molecule has 1 atom stereocenters. The van der Waals surface area contributed by atoms with Crippen LogP contribution in [0.2, 0.25) is 0 Å². The summed E-state index contributed by atoms with van der Waals surface area (Å²) in [6.45, 7) is 8.87. The molecule has 2 nitrogen and oxygen atoms in total. The van der Waals surface area contributed by atoms with Crippen molar-refractivity contribution in [1.82, 2.24) is 5.32 Å². The summed E-state index contributed by atoms with van der Waals surface area (Å²) >= 11 is 0. The normalized spacial score (nSPS) is 12.4. The molecule has 0 spiro atoms. The molecule has 1 N–H and O–H groups in total. The van der Waals surface area contributed by atoms with Crippen LogP contribution in [0.15, 0.2) is 24.3 Å². The summed E-state index contributed by atoms with van der Waals surface area (Å²) < 4.78 is 0. The maximum absolute atomic E-state index is 3.29. The predicted molar refractivity (Wildman–Crippen MR) is 81.4 cm³/mol. The minimum atomic E-state index is 0.638. The standard InChI is InChI=1S/C16H28N2/c1-5-18(13-7-6-8-15(3)17-4)16-11-9-14(2)10-12-16/h9-12,15,17H,5-8,13H2,1-4H3. The fraction of sp³-hybridized carbons (Fsp3) is 0.625. The molecule has 0 aliphatic heterocycles. The second-order valence-corrected chi connectivity index (χ2v) is 5.10. The van der Waals surface area contributed by atoms with Gasteiger partial charge in [-0.1, -0.05) is 24.1 Å². The van der Waals surface area contributed by atoms with E-state index >= 15 is 0 Å². The Balaban J connectivity index is 2.36. The van der Waals surface area contributed by atoms with E-state index in [4.69, 9.17) is 0 Å². The van der Waals surface area contributed by atoms with Crippen LogP contribution in [0.1, 0.15) is 38.7 Å². The van der Waals surface area contributed by atoms with Gasteiger partial charge >= 0.3 is 0 Å². The molecular formula is C16H28N2. The topological polar surface area (TPSA) is 15.3 Å². The average Bonchev–Trinajstić information content (AvgIpc) is 2.40. The van der Waals surface area contributed by atoms with Gasteiger partial charge in [0.2, 0.25) is 0 Å². The fourth-order valence-corrected chi connectivity index (χ4v) is 2.12. The number of aryl methyl sites for hydroxylation is 1. The van der Waals surface area contributed by atoms with Crippen LogP contribution in [0.3, 0.4) is 0 Å². The van der Waals surface area contributed by atoms with Crippen molar-refractivity contribution in [3.8, 4) is 0 Å². The van der Waals surface area contributed by atoms with Gasteiger partial charge in [-0.2, -0.15) is 0 Å². The smallest absolute Gasteiger partial charge is 0.0366 e. The lowest BCUT2D eigenvalue weighted by Crippen LogP contribution is -2.25. The zero-order chi connectivity index (χ0) is 13.4. The molecule has 1 aromatic rings. The summed E-state index contributed by atoms with van der Waals surface area (Å²) in [5.74, 6) is 0. The van der Waals surface area contributed by atoms with Crippen molar-refractivity contribution in [2.75, 3.05) is 25.0 Å². The van der Waals surface area contributed by atoms with E-state index in [-0.39, 0.29) is 0 Å². The minimum absolute atomic E-state index is 0.638. The van der Waals surface area contributed by atoms with Crippen LogP contribution in [0.25, 0.3) is 0 Å². The molecule has 1 unspecified atom stereocenters. The van der Waals surface area contributed by atoms with Gasteiger partial charge in [-0.3, -0.25) is 0 Å². The van der Waals surface area contributed by atoms with Crippen molar-refractivity contribution in [2.45, 2.75) is 46.1 Å². The highest BCUT2D eigenvalue weighted by molar-refractivity contribution is 5.47. The molecular weight excluding hydrogens is 220 g/mol. The van der Waals surface area contributed by atoms with Crippen molar-refractivity contribution in [3.63, 3.8) is 0 Å². The minimum Gasteiger partial charge on any atom is -0.372 e. The van der Waals surface area contributed by atoms with E-state index in [9.17, 15) is 0 Å². The van der Waals surface area contributed by atoms with Crippen molar-refractivity contribution < 1.29 is 0 Å². The molecule has 0 radical (unpaired) electrons. The highest BCUT2D eigenvalue weighted by Gasteiger charge is 2.04. The van der Waals surface area contributed by atoms with Gasteiger partial charge in [0.15, 0.2) is 0 Å². The third-order valence-corrected chi connectivity index (χ3v) is 3.59. The lowest BCUT2D eigenvalue weighted by Gasteiger charge is -2.23. The Labute approximate surface area is 112 Å². The number of benzene rings is 1. The molecule has 102 valence electrons. The van der Waals surface area contributed by atoms with E-state index in [1.165, 1.54) is 30.5 Å². The summed E-state index contributed by atoms with van der Waals surface area (Å²) in [6, 6.07) is 9.49. The number of nitrogens with zero attached hydrogens (tertiary/aromatic N) is 1. The van der Waals surface area contributed by atoms with Gasteiger partial charge < -0.3 is 10.2 Å². The number of rotatable bonds is 8. The van der Waals surface area contributed by atoms with E-state index < -0.39 is 0 Å². The summed E-state index contributed by atoms with van der Waals surface area (Å²) in [6.07, 6.45) is 3.83. The third kappa shape index (κ3) is 5.09. The Morgan fingerprint density at radius 1 is 1.17 bits per heavy atom. The van der Waals surface area contributed by atoms with E-state index in [0.29, 0.717) is 6.04 Å². The Morgan fingerprint density at radius 2 is 1.83 bits per heavy atom. The van der Waals surface area contributed by atoms with Crippen molar-refractivity contribution in [1.29, 1.82) is 0 Å². The molecule has 0 bridgehead atoms. The maximum Gasteiger partial charge on any atom is 0.0366 e. The van der Waals surface area contributed by atoms with E-state index in [0.717, 1.165) is 13.1 Å². The van der Waals surface area contributed by atoms with Gasteiger partial charge in [-0.25, -0.2) is 0 Å². The summed E-state index contributed by atoms with van der Waals surface area (Å²) in [5, 5.41) is 3.29. The van der Waals surface area contributed by atoms with E-state index in [1.54, 1.807) is 0 Å². The van der Waals surface area contributed by atoms with Crippen LogP contribution in [-0.4, -0.2) is 26.2 Å². The largest absolute Gasteiger partial charge is 0.372 e. The van der Waals surface area contributed by atoms with E-state index in [1.807, 2.05) is 7.05 Å². The van der Waals surface area contributed by atoms with Crippen LogP contribution >= 0.6 is 0 Å². The first-order chi connectivity index (χ1) is 8.67. The molecule has 0 heterocycles. The van der Waals surface area contributed by atoms with Gasteiger partial charge in [-0.15, -0.1) is 0 Å². The van der Waals surface area contributed by atoms with Crippen molar-refractivity contribution >= 4 is 5.69 Å². The highest BCUT2D eigenvalue weighted by atomic mass is 15.1. The number of hydrogen-bond donors (Lipinski definition) is 1. The Hall–Kier alpha value is -1.02. The Bertz CT molecular complexity index is 318. The lowest BCUT2D eigenvalue weighted by molar-refractivity contribution is 0.526. The maximum atomic E-state index is 3.29. The van der Waals surface area contributed by atoms with Gasteiger partial charge in [-0.05, 0) is 52.8 Å². The molecule has 0 aromatic heterocycles. The highest BCUT2D eigenvalue weighted by Crippen LogP contribution is 2.15. The molecule has 2 heteroatoms. The molecule has 0 saturated carbocycles. The molecule has 0 fully saturated rings. The SMILES string of the molecule is CCN(CCCCC(C)NC)c1ccc(C)cc1. The van der Waals surface area contributed by atoms with Crippen LogP contribution in [0.5, 0.6) is 0 Å². The van der Waals surface area contributed by atoms with Crippen molar-refractivity contribution in [3.05, 3.63) is 29.8 Å². The molecule has 0 aliphatic rings. The number of hydrogen-bond acceptors (Lipinski definition) is 2. The second-order valence-electron chi connectivity index (χ2n) is 5.10. The third-order valence-electron chi connectivity index (χ3n) is 3.59. The predicted octanol–water partition coefficient (Wildman–Crippen LogP) is 3.60. The first-order valence-corrected chi connectivity index (χ1v) is 7.16. The number of nitrogens with one attached hydrogen (secondary N) is 1. The summed E-state index contributed by atoms with van der Waals surface area (Å²) in [7, 11) is 2.04. The van der Waals surface area contributed by atoms with Gasteiger partial charge in [0.1, 0.15) is 0 Å². The number of unbranched alkanes of at least 4 members (excludes halogenated alkanes) is 1. The molecule has 1 aromatic carbocycles. The van der Waals surface area contributed by atoms with Gasteiger partial charge in [0.25, 0.3) is 0 Å². The molecule has 0 amide bonds. The van der Waals surface area contributed by atoms with Crippen LogP contribution in [-0.2, 0) is 0 Å².